The van der Waals surface area contributed by atoms with Crippen molar-refractivity contribution in [3.05, 3.63) is 77.9 Å². The third-order valence-corrected chi connectivity index (χ3v) is 5.12. The number of halogens is 1. The number of nitrogens with zero attached hydrogens (tertiary/aromatic N) is 4. The number of rotatable bonds is 6. The Bertz CT molecular complexity index is 1040. The SMILES string of the molecule is CN1CCN(Cc2cccc(C(=O)Nc3ccc(F)c(Oc4ncccn4)c3)c2)CC1. The molecule has 1 fully saturated rings. The second-order valence-corrected chi connectivity index (χ2v) is 7.51. The van der Waals surface area contributed by atoms with Gasteiger partial charge in [0.15, 0.2) is 11.6 Å². The number of anilines is 1. The van der Waals surface area contributed by atoms with Gasteiger partial charge in [0.05, 0.1) is 0 Å². The van der Waals surface area contributed by atoms with Crippen LogP contribution in [0, 0.1) is 5.82 Å². The molecule has 1 saturated heterocycles. The molecule has 8 heteroatoms. The number of likely N-dealkylation sites (N-methyl/N-ethyl adjacent to an activating group) is 1. The molecule has 2 heterocycles. The van der Waals surface area contributed by atoms with Crippen LogP contribution in [0.25, 0.3) is 0 Å². The van der Waals surface area contributed by atoms with Crippen LogP contribution in [0.5, 0.6) is 11.8 Å². The first-order valence-corrected chi connectivity index (χ1v) is 10.1. The van der Waals surface area contributed by atoms with Gasteiger partial charge >= 0.3 is 6.01 Å². The smallest absolute Gasteiger partial charge is 0.321 e. The molecule has 0 spiro atoms. The summed E-state index contributed by atoms with van der Waals surface area (Å²) in [5.41, 5.74) is 2.05. The molecule has 1 aliphatic heterocycles. The molecule has 0 atom stereocenters. The molecule has 0 bridgehead atoms. The van der Waals surface area contributed by atoms with Gasteiger partial charge in [0.25, 0.3) is 5.91 Å². The van der Waals surface area contributed by atoms with Crippen LogP contribution in [0.1, 0.15) is 15.9 Å². The Morgan fingerprint density at radius 2 is 1.84 bits per heavy atom. The first-order valence-electron chi connectivity index (χ1n) is 10.1. The molecule has 7 nitrogen and oxygen atoms in total. The molecular weight excluding hydrogens is 397 g/mol. The molecule has 2 aromatic carbocycles. The highest BCUT2D eigenvalue weighted by Crippen LogP contribution is 2.25. The highest BCUT2D eigenvalue weighted by Gasteiger charge is 2.15. The van der Waals surface area contributed by atoms with Crippen LogP contribution in [-0.4, -0.2) is 58.9 Å². The molecule has 1 aliphatic rings. The summed E-state index contributed by atoms with van der Waals surface area (Å²) in [7, 11) is 2.13. The van der Waals surface area contributed by atoms with E-state index in [4.69, 9.17) is 4.74 Å². The summed E-state index contributed by atoms with van der Waals surface area (Å²) in [5.74, 6) is -0.902. The molecule has 0 aliphatic carbocycles. The molecular formula is C23H24FN5O2. The minimum Gasteiger partial charge on any atom is -0.421 e. The lowest BCUT2D eigenvalue weighted by Crippen LogP contribution is -2.43. The molecule has 4 rings (SSSR count). The van der Waals surface area contributed by atoms with Crippen molar-refractivity contribution >= 4 is 11.6 Å². The number of carbonyl (C=O) groups excluding carboxylic acids is 1. The molecule has 0 radical (unpaired) electrons. The molecule has 0 saturated carbocycles. The summed E-state index contributed by atoms with van der Waals surface area (Å²) in [6.07, 6.45) is 3.00. The highest BCUT2D eigenvalue weighted by molar-refractivity contribution is 6.04. The molecule has 3 aromatic rings. The van der Waals surface area contributed by atoms with Crippen LogP contribution in [-0.2, 0) is 6.54 Å². The maximum atomic E-state index is 14.1. The summed E-state index contributed by atoms with van der Waals surface area (Å²) in [5, 5.41) is 2.80. The van der Waals surface area contributed by atoms with E-state index >= 15 is 0 Å². The quantitative estimate of drug-likeness (QED) is 0.658. The standard InChI is InChI=1S/C23H24FN5O2/c1-28-10-12-29(13-11-28)16-17-4-2-5-18(14-17)22(30)27-19-6-7-20(24)21(15-19)31-23-25-8-3-9-26-23/h2-9,14-15H,10-13,16H2,1H3,(H,27,30). The zero-order chi connectivity index (χ0) is 21.6. The van der Waals surface area contributed by atoms with Crippen LogP contribution in [0.4, 0.5) is 10.1 Å². The fraction of sp³-hybridized carbons (Fsp3) is 0.261. The number of hydrogen-bond acceptors (Lipinski definition) is 6. The molecule has 0 unspecified atom stereocenters. The number of ether oxygens (including phenoxy) is 1. The van der Waals surface area contributed by atoms with E-state index in [2.05, 4.69) is 32.1 Å². The zero-order valence-electron chi connectivity index (χ0n) is 17.3. The van der Waals surface area contributed by atoms with Gasteiger partial charge in [-0.2, -0.15) is 0 Å². The highest BCUT2D eigenvalue weighted by atomic mass is 19.1. The van der Waals surface area contributed by atoms with E-state index in [9.17, 15) is 9.18 Å². The molecule has 1 aromatic heterocycles. The Hall–Kier alpha value is -3.36. The Morgan fingerprint density at radius 3 is 2.61 bits per heavy atom. The number of carbonyl (C=O) groups is 1. The fourth-order valence-electron chi connectivity index (χ4n) is 3.37. The van der Waals surface area contributed by atoms with Crippen LogP contribution in [0.2, 0.25) is 0 Å². The van der Waals surface area contributed by atoms with Crippen LogP contribution in [0.15, 0.2) is 60.9 Å². The minimum atomic E-state index is -0.570. The van der Waals surface area contributed by atoms with Crippen molar-refractivity contribution in [2.24, 2.45) is 0 Å². The number of nitrogens with one attached hydrogen (secondary N) is 1. The summed E-state index contributed by atoms with van der Waals surface area (Å²) >= 11 is 0. The Labute approximate surface area is 180 Å². The summed E-state index contributed by atoms with van der Waals surface area (Å²) in [6, 6.07) is 13.4. The average Bonchev–Trinajstić information content (AvgIpc) is 2.78. The van der Waals surface area contributed by atoms with Crippen molar-refractivity contribution in [2.75, 3.05) is 38.5 Å². The van der Waals surface area contributed by atoms with Gasteiger partial charge in [-0.1, -0.05) is 12.1 Å². The van der Waals surface area contributed by atoms with Crippen molar-refractivity contribution in [3.63, 3.8) is 0 Å². The second-order valence-electron chi connectivity index (χ2n) is 7.51. The van der Waals surface area contributed by atoms with Gasteiger partial charge < -0.3 is 15.0 Å². The topological polar surface area (TPSA) is 70.6 Å². The van der Waals surface area contributed by atoms with Crippen molar-refractivity contribution in [1.29, 1.82) is 0 Å². The van der Waals surface area contributed by atoms with Crippen molar-refractivity contribution in [1.82, 2.24) is 19.8 Å². The van der Waals surface area contributed by atoms with E-state index < -0.39 is 5.82 Å². The number of piperazine rings is 1. The maximum Gasteiger partial charge on any atom is 0.321 e. The largest absolute Gasteiger partial charge is 0.421 e. The summed E-state index contributed by atoms with van der Waals surface area (Å²) < 4.78 is 19.5. The third kappa shape index (κ3) is 5.62. The van der Waals surface area contributed by atoms with Crippen molar-refractivity contribution in [2.45, 2.75) is 6.54 Å². The minimum absolute atomic E-state index is 0.0292. The number of aromatic nitrogens is 2. The van der Waals surface area contributed by atoms with E-state index in [1.54, 1.807) is 12.1 Å². The van der Waals surface area contributed by atoms with Gasteiger partial charge in [-0.3, -0.25) is 9.69 Å². The molecule has 31 heavy (non-hydrogen) atoms. The predicted octanol–water partition coefficient (Wildman–Crippen LogP) is 3.41. The lowest BCUT2D eigenvalue weighted by molar-refractivity contribution is 0.102. The van der Waals surface area contributed by atoms with Gasteiger partial charge in [0, 0.05) is 62.4 Å². The number of amides is 1. The first-order chi connectivity index (χ1) is 15.1. The van der Waals surface area contributed by atoms with Gasteiger partial charge in [0.2, 0.25) is 0 Å². The fourth-order valence-corrected chi connectivity index (χ4v) is 3.37. The Kier molecular flexibility index (Phi) is 6.49. The van der Waals surface area contributed by atoms with Gasteiger partial charge in [-0.15, -0.1) is 0 Å². The number of benzene rings is 2. The maximum absolute atomic E-state index is 14.1. The normalized spacial score (nSPS) is 14.9. The van der Waals surface area contributed by atoms with E-state index in [1.165, 1.54) is 30.6 Å². The molecule has 1 amide bonds. The molecule has 1 N–H and O–H groups in total. The lowest BCUT2D eigenvalue weighted by Gasteiger charge is -2.32. The summed E-state index contributed by atoms with van der Waals surface area (Å²) in [6.45, 7) is 4.92. The lowest BCUT2D eigenvalue weighted by atomic mass is 10.1. The second kappa shape index (κ2) is 9.63. The Morgan fingerprint density at radius 1 is 1.06 bits per heavy atom. The van der Waals surface area contributed by atoms with Crippen LogP contribution >= 0.6 is 0 Å². The number of hydrogen-bond donors (Lipinski definition) is 1. The van der Waals surface area contributed by atoms with Gasteiger partial charge in [-0.25, -0.2) is 14.4 Å². The zero-order valence-corrected chi connectivity index (χ0v) is 17.3. The van der Waals surface area contributed by atoms with Crippen LogP contribution in [0.3, 0.4) is 0 Å². The van der Waals surface area contributed by atoms with Crippen LogP contribution < -0.4 is 10.1 Å². The first kappa shape index (κ1) is 20.9. The van der Waals surface area contributed by atoms with E-state index in [-0.39, 0.29) is 17.7 Å². The monoisotopic (exact) mass is 421 g/mol. The van der Waals surface area contributed by atoms with E-state index in [0.29, 0.717) is 11.3 Å². The third-order valence-electron chi connectivity index (χ3n) is 5.12. The van der Waals surface area contributed by atoms with Gasteiger partial charge in [-0.05, 0) is 42.9 Å². The van der Waals surface area contributed by atoms with E-state index in [0.717, 1.165) is 38.3 Å². The summed E-state index contributed by atoms with van der Waals surface area (Å²) in [4.78, 5) is 25.3. The van der Waals surface area contributed by atoms with Crippen molar-refractivity contribution < 1.29 is 13.9 Å². The van der Waals surface area contributed by atoms with Crippen molar-refractivity contribution in [3.8, 4) is 11.8 Å². The average molecular weight is 421 g/mol. The molecule has 160 valence electrons. The Balaban J connectivity index is 1.43. The van der Waals surface area contributed by atoms with E-state index in [1.807, 2.05) is 18.2 Å². The van der Waals surface area contributed by atoms with Gasteiger partial charge in [0.1, 0.15) is 0 Å². The predicted molar refractivity (Wildman–Crippen MR) is 116 cm³/mol.